The Labute approximate surface area is 109 Å². The van der Waals surface area contributed by atoms with E-state index in [0.29, 0.717) is 0 Å². The van der Waals surface area contributed by atoms with E-state index in [1.54, 1.807) is 0 Å². The van der Waals surface area contributed by atoms with E-state index < -0.39 is 0 Å². The largest absolute Gasteiger partial charge is 0.315 e. The van der Waals surface area contributed by atoms with Gasteiger partial charge in [0, 0.05) is 6.54 Å². The maximum atomic E-state index is 6.11. The normalized spacial score (nSPS) is 16.9. The SMILES string of the molecule is Cc1nn(CCNCC2CCCC2)c(C)c1Cl. The van der Waals surface area contributed by atoms with Crippen molar-refractivity contribution in [2.45, 2.75) is 46.1 Å². The monoisotopic (exact) mass is 255 g/mol. The van der Waals surface area contributed by atoms with Gasteiger partial charge in [0.05, 0.1) is 23.0 Å². The summed E-state index contributed by atoms with van der Waals surface area (Å²) in [5.74, 6) is 0.902. The third kappa shape index (κ3) is 3.23. The lowest BCUT2D eigenvalue weighted by atomic mass is 10.1. The summed E-state index contributed by atoms with van der Waals surface area (Å²) in [4.78, 5) is 0. The summed E-state index contributed by atoms with van der Waals surface area (Å²) in [5, 5.41) is 8.76. The molecule has 2 rings (SSSR count). The summed E-state index contributed by atoms with van der Waals surface area (Å²) in [6.45, 7) is 7.03. The van der Waals surface area contributed by atoms with Crippen LogP contribution in [-0.4, -0.2) is 22.9 Å². The van der Waals surface area contributed by atoms with Gasteiger partial charge in [0.15, 0.2) is 0 Å². The highest BCUT2D eigenvalue weighted by Gasteiger charge is 2.14. The Kier molecular flexibility index (Phi) is 4.46. The number of aryl methyl sites for hydroxylation is 1. The Hall–Kier alpha value is -0.540. The molecule has 0 atom stereocenters. The number of nitrogens with zero attached hydrogens (tertiary/aromatic N) is 2. The molecule has 3 nitrogen and oxygen atoms in total. The zero-order chi connectivity index (χ0) is 12.3. The van der Waals surface area contributed by atoms with E-state index >= 15 is 0 Å². The van der Waals surface area contributed by atoms with Gasteiger partial charge in [-0.3, -0.25) is 4.68 Å². The van der Waals surface area contributed by atoms with Crippen molar-refractivity contribution in [3.63, 3.8) is 0 Å². The molecule has 0 unspecified atom stereocenters. The fourth-order valence-corrected chi connectivity index (χ4v) is 2.73. The second-order valence-electron chi connectivity index (χ2n) is 5.06. The lowest BCUT2D eigenvalue weighted by Crippen LogP contribution is -2.25. The predicted molar refractivity (Wildman–Crippen MR) is 71.5 cm³/mol. The molecular formula is C13H22ClN3. The minimum atomic E-state index is 0.806. The van der Waals surface area contributed by atoms with E-state index in [-0.39, 0.29) is 0 Å². The third-order valence-electron chi connectivity index (χ3n) is 3.70. The van der Waals surface area contributed by atoms with Crippen LogP contribution in [0.5, 0.6) is 0 Å². The van der Waals surface area contributed by atoms with Crippen molar-refractivity contribution in [2.24, 2.45) is 5.92 Å². The highest BCUT2D eigenvalue weighted by molar-refractivity contribution is 6.31. The predicted octanol–water partition coefficient (Wildman–Crippen LogP) is 2.93. The maximum absolute atomic E-state index is 6.11. The Bertz CT molecular complexity index is 367. The highest BCUT2D eigenvalue weighted by atomic mass is 35.5. The molecule has 1 aliphatic rings. The summed E-state index contributed by atoms with van der Waals surface area (Å²) in [7, 11) is 0. The van der Waals surface area contributed by atoms with Crippen LogP contribution in [0.15, 0.2) is 0 Å². The lowest BCUT2D eigenvalue weighted by Gasteiger charge is -2.11. The smallest absolute Gasteiger partial charge is 0.0844 e. The lowest BCUT2D eigenvalue weighted by molar-refractivity contribution is 0.464. The van der Waals surface area contributed by atoms with Crippen molar-refractivity contribution < 1.29 is 0 Å². The molecule has 0 aliphatic heterocycles. The molecule has 17 heavy (non-hydrogen) atoms. The van der Waals surface area contributed by atoms with E-state index in [1.807, 2.05) is 18.5 Å². The quantitative estimate of drug-likeness (QED) is 0.820. The van der Waals surface area contributed by atoms with Crippen LogP contribution >= 0.6 is 11.6 Å². The summed E-state index contributed by atoms with van der Waals surface area (Å²) in [6, 6.07) is 0. The molecule has 0 amide bonds. The van der Waals surface area contributed by atoms with E-state index in [9.17, 15) is 0 Å². The van der Waals surface area contributed by atoms with Gasteiger partial charge in [0.2, 0.25) is 0 Å². The number of nitrogens with one attached hydrogen (secondary N) is 1. The molecule has 1 aromatic heterocycles. The van der Waals surface area contributed by atoms with Crippen LogP contribution in [-0.2, 0) is 6.54 Å². The van der Waals surface area contributed by atoms with Crippen LogP contribution in [0.3, 0.4) is 0 Å². The second-order valence-corrected chi connectivity index (χ2v) is 5.44. The maximum Gasteiger partial charge on any atom is 0.0844 e. The van der Waals surface area contributed by atoms with Crippen LogP contribution in [0.2, 0.25) is 5.02 Å². The number of rotatable bonds is 5. The topological polar surface area (TPSA) is 29.9 Å². The first-order valence-corrected chi connectivity index (χ1v) is 6.96. The molecule has 0 bridgehead atoms. The molecule has 1 heterocycles. The zero-order valence-electron chi connectivity index (χ0n) is 10.8. The van der Waals surface area contributed by atoms with Gasteiger partial charge < -0.3 is 5.32 Å². The summed E-state index contributed by atoms with van der Waals surface area (Å²) in [5.41, 5.74) is 2.01. The molecule has 0 spiro atoms. The number of halogens is 1. The van der Waals surface area contributed by atoms with Gasteiger partial charge in [0.25, 0.3) is 0 Å². The highest BCUT2D eigenvalue weighted by Crippen LogP contribution is 2.23. The minimum absolute atomic E-state index is 0.806. The Balaban J connectivity index is 1.72. The van der Waals surface area contributed by atoms with Crippen molar-refractivity contribution in [1.82, 2.24) is 15.1 Å². The van der Waals surface area contributed by atoms with Crippen LogP contribution in [0.4, 0.5) is 0 Å². The number of hydrogen-bond donors (Lipinski definition) is 1. The van der Waals surface area contributed by atoms with E-state index in [4.69, 9.17) is 11.6 Å². The van der Waals surface area contributed by atoms with E-state index in [1.165, 1.54) is 25.7 Å². The molecule has 1 N–H and O–H groups in total. The molecule has 4 heteroatoms. The molecule has 1 saturated carbocycles. The second kappa shape index (κ2) is 5.87. The standard InChI is InChI=1S/C13H22ClN3/c1-10-13(14)11(2)17(16-10)8-7-15-9-12-5-3-4-6-12/h12,15H,3-9H2,1-2H3. The van der Waals surface area contributed by atoms with Crippen molar-refractivity contribution in [3.8, 4) is 0 Å². The minimum Gasteiger partial charge on any atom is -0.315 e. The first kappa shape index (κ1) is 12.9. The average Bonchev–Trinajstić information content (AvgIpc) is 2.90. The van der Waals surface area contributed by atoms with Gasteiger partial charge in [0.1, 0.15) is 0 Å². The zero-order valence-corrected chi connectivity index (χ0v) is 11.6. The first-order chi connectivity index (χ1) is 8.18. The van der Waals surface area contributed by atoms with Gasteiger partial charge in [-0.25, -0.2) is 0 Å². The molecule has 1 aliphatic carbocycles. The van der Waals surface area contributed by atoms with Crippen molar-refractivity contribution in [2.75, 3.05) is 13.1 Å². The molecule has 0 radical (unpaired) electrons. The Morgan fingerprint density at radius 3 is 2.65 bits per heavy atom. The van der Waals surface area contributed by atoms with Gasteiger partial charge in [-0.15, -0.1) is 0 Å². The molecule has 0 saturated heterocycles. The van der Waals surface area contributed by atoms with Crippen LogP contribution in [0, 0.1) is 19.8 Å². The summed E-state index contributed by atoms with van der Waals surface area (Å²) in [6.07, 6.45) is 5.64. The van der Waals surface area contributed by atoms with Crippen LogP contribution < -0.4 is 5.32 Å². The molecule has 1 fully saturated rings. The summed E-state index contributed by atoms with van der Waals surface area (Å²) >= 11 is 6.11. The Morgan fingerprint density at radius 2 is 2.06 bits per heavy atom. The van der Waals surface area contributed by atoms with Gasteiger partial charge in [-0.1, -0.05) is 24.4 Å². The van der Waals surface area contributed by atoms with E-state index in [0.717, 1.165) is 42.0 Å². The van der Waals surface area contributed by atoms with Gasteiger partial charge in [-0.2, -0.15) is 5.10 Å². The average molecular weight is 256 g/mol. The molecule has 0 aromatic carbocycles. The first-order valence-electron chi connectivity index (χ1n) is 6.58. The fraction of sp³-hybridized carbons (Fsp3) is 0.769. The van der Waals surface area contributed by atoms with E-state index in [2.05, 4.69) is 10.4 Å². The number of hydrogen-bond acceptors (Lipinski definition) is 2. The number of aromatic nitrogens is 2. The van der Waals surface area contributed by atoms with Crippen molar-refractivity contribution in [3.05, 3.63) is 16.4 Å². The van der Waals surface area contributed by atoms with Crippen LogP contribution in [0.1, 0.15) is 37.1 Å². The molecular weight excluding hydrogens is 234 g/mol. The Morgan fingerprint density at radius 1 is 1.35 bits per heavy atom. The van der Waals surface area contributed by atoms with Crippen LogP contribution in [0.25, 0.3) is 0 Å². The van der Waals surface area contributed by atoms with Crippen molar-refractivity contribution >= 4 is 11.6 Å². The molecule has 1 aromatic rings. The molecule has 96 valence electrons. The van der Waals surface area contributed by atoms with Gasteiger partial charge in [-0.05, 0) is 39.2 Å². The summed E-state index contributed by atoms with van der Waals surface area (Å²) < 4.78 is 2.00. The fourth-order valence-electron chi connectivity index (χ4n) is 2.60. The van der Waals surface area contributed by atoms with Crippen molar-refractivity contribution in [1.29, 1.82) is 0 Å². The third-order valence-corrected chi connectivity index (χ3v) is 4.25. The van der Waals surface area contributed by atoms with Gasteiger partial charge >= 0.3 is 0 Å².